The molecule has 0 radical (unpaired) electrons. The molecule has 1 aliphatic carbocycles. The molecule has 1 aliphatic rings. The number of nitrogens with one attached hydrogen (secondary N) is 1. The van der Waals surface area contributed by atoms with Crippen LogP contribution in [0.3, 0.4) is 0 Å². The van der Waals surface area contributed by atoms with E-state index >= 15 is 0 Å². The van der Waals surface area contributed by atoms with Crippen LogP contribution in [0.1, 0.15) is 54.2 Å². The molecule has 2 aromatic heterocycles. The van der Waals surface area contributed by atoms with Crippen molar-refractivity contribution in [2.45, 2.75) is 38.0 Å². The molecule has 1 saturated carbocycles. The van der Waals surface area contributed by atoms with Crippen LogP contribution >= 0.6 is 0 Å². The summed E-state index contributed by atoms with van der Waals surface area (Å²) in [5.74, 6) is -0.0942. The normalized spacial score (nSPS) is 14.2. The van der Waals surface area contributed by atoms with E-state index in [9.17, 15) is 14.0 Å². The van der Waals surface area contributed by atoms with Crippen molar-refractivity contribution in [3.63, 3.8) is 0 Å². The molecule has 5 aromatic rings. The predicted octanol–water partition coefficient (Wildman–Crippen LogP) is 6.18. The molecule has 0 aliphatic heterocycles. The number of aromatic nitrogens is 3. The topological polar surface area (TPSA) is 76.9 Å². The van der Waals surface area contributed by atoms with Crippen LogP contribution in [0, 0.1) is 5.82 Å². The van der Waals surface area contributed by atoms with Crippen molar-refractivity contribution in [2.24, 2.45) is 0 Å². The number of halogens is 1. The highest BCUT2D eigenvalue weighted by molar-refractivity contribution is 6.10. The SMILES string of the molecule is O=C(Nn1c(C2CCCCC2)nc2ccccc2c1=O)c1cc(-c2ccc(F)cc2)nc2ccccc12. The molecule has 37 heavy (non-hydrogen) atoms. The van der Waals surface area contributed by atoms with Gasteiger partial charge < -0.3 is 0 Å². The van der Waals surface area contributed by atoms with Gasteiger partial charge in [0.15, 0.2) is 0 Å². The molecule has 0 spiro atoms. The molecule has 3 aromatic carbocycles. The van der Waals surface area contributed by atoms with Gasteiger partial charge in [-0.25, -0.2) is 19.0 Å². The van der Waals surface area contributed by atoms with Crippen LogP contribution in [0.15, 0.2) is 83.7 Å². The second kappa shape index (κ2) is 9.58. The molecule has 0 saturated heterocycles. The number of hydrogen-bond acceptors (Lipinski definition) is 4. The first-order valence-corrected chi connectivity index (χ1v) is 12.6. The maximum absolute atomic E-state index is 13.8. The lowest BCUT2D eigenvalue weighted by molar-refractivity contribution is 0.101. The van der Waals surface area contributed by atoms with Crippen LogP contribution in [-0.2, 0) is 0 Å². The first kappa shape index (κ1) is 23.0. The van der Waals surface area contributed by atoms with E-state index in [1.807, 2.05) is 36.4 Å². The van der Waals surface area contributed by atoms with Crippen molar-refractivity contribution in [1.82, 2.24) is 14.6 Å². The summed E-state index contributed by atoms with van der Waals surface area (Å²) < 4.78 is 14.9. The van der Waals surface area contributed by atoms with Crippen molar-refractivity contribution in [2.75, 3.05) is 5.43 Å². The summed E-state index contributed by atoms with van der Waals surface area (Å²) in [4.78, 5) is 36.9. The molecule has 1 N–H and O–H groups in total. The lowest BCUT2D eigenvalue weighted by atomic mass is 9.88. The van der Waals surface area contributed by atoms with Gasteiger partial charge in [-0.05, 0) is 61.4 Å². The van der Waals surface area contributed by atoms with Gasteiger partial charge in [0.1, 0.15) is 11.6 Å². The van der Waals surface area contributed by atoms with Gasteiger partial charge in [-0.2, -0.15) is 0 Å². The molecule has 6 rings (SSSR count). The molecular formula is C30H25FN4O2. The molecule has 1 amide bonds. The van der Waals surface area contributed by atoms with Crippen molar-refractivity contribution in [3.05, 3.63) is 106 Å². The standard InChI is InChI=1S/C30H25FN4O2/c31-21-16-14-19(15-17-21)27-18-24(22-10-4-6-12-25(22)32-27)29(36)34-35-28(20-8-2-1-3-9-20)33-26-13-7-5-11-23(26)30(35)37/h4-7,10-18,20H,1-3,8-9H2,(H,34,36). The number of amides is 1. The predicted molar refractivity (Wildman–Crippen MR) is 143 cm³/mol. The van der Waals surface area contributed by atoms with E-state index < -0.39 is 5.91 Å². The van der Waals surface area contributed by atoms with Crippen LogP contribution < -0.4 is 11.0 Å². The number of para-hydroxylation sites is 2. The fourth-order valence-corrected chi connectivity index (χ4v) is 5.19. The van der Waals surface area contributed by atoms with Gasteiger partial charge in [-0.15, -0.1) is 0 Å². The molecule has 184 valence electrons. The van der Waals surface area contributed by atoms with Gasteiger partial charge >= 0.3 is 0 Å². The summed E-state index contributed by atoms with van der Waals surface area (Å²) in [6.07, 6.45) is 5.14. The van der Waals surface area contributed by atoms with Gasteiger partial charge in [0.2, 0.25) is 0 Å². The molecule has 6 nitrogen and oxygen atoms in total. The van der Waals surface area contributed by atoms with Crippen molar-refractivity contribution >= 4 is 27.7 Å². The Hall–Kier alpha value is -4.39. The molecule has 2 heterocycles. The third-order valence-corrected chi connectivity index (χ3v) is 7.09. The second-order valence-electron chi connectivity index (χ2n) is 9.48. The Bertz CT molecular complexity index is 1690. The average molecular weight is 493 g/mol. The fourth-order valence-electron chi connectivity index (χ4n) is 5.19. The van der Waals surface area contributed by atoms with Crippen LogP contribution in [0.5, 0.6) is 0 Å². The summed E-state index contributed by atoms with van der Waals surface area (Å²) in [6.45, 7) is 0. The highest BCUT2D eigenvalue weighted by Gasteiger charge is 2.24. The molecule has 0 atom stereocenters. The van der Waals surface area contributed by atoms with Crippen molar-refractivity contribution < 1.29 is 9.18 Å². The Morgan fingerprint density at radius 1 is 0.838 bits per heavy atom. The summed E-state index contributed by atoms with van der Waals surface area (Å²) in [5, 5.41) is 1.11. The van der Waals surface area contributed by atoms with E-state index in [-0.39, 0.29) is 17.3 Å². The number of hydrogen-bond donors (Lipinski definition) is 1. The fraction of sp³-hybridized carbons (Fsp3) is 0.200. The summed E-state index contributed by atoms with van der Waals surface area (Å²) >= 11 is 0. The highest BCUT2D eigenvalue weighted by Crippen LogP contribution is 2.32. The van der Waals surface area contributed by atoms with E-state index in [4.69, 9.17) is 9.97 Å². The zero-order chi connectivity index (χ0) is 25.4. The van der Waals surface area contributed by atoms with Crippen LogP contribution in [-0.4, -0.2) is 20.6 Å². The lowest BCUT2D eigenvalue weighted by Gasteiger charge is -2.24. The van der Waals surface area contributed by atoms with E-state index in [1.54, 1.807) is 30.3 Å². The van der Waals surface area contributed by atoms with Crippen LogP contribution in [0.2, 0.25) is 0 Å². The Morgan fingerprint density at radius 2 is 1.49 bits per heavy atom. The maximum atomic E-state index is 13.8. The maximum Gasteiger partial charge on any atom is 0.280 e. The smallest absolute Gasteiger partial charge is 0.267 e. The monoisotopic (exact) mass is 492 g/mol. The number of fused-ring (bicyclic) bond motifs is 2. The third-order valence-electron chi connectivity index (χ3n) is 7.09. The minimum absolute atomic E-state index is 0.0929. The minimum Gasteiger partial charge on any atom is -0.267 e. The van der Waals surface area contributed by atoms with Crippen LogP contribution in [0.25, 0.3) is 33.1 Å². The summed E-state index contributed by atoms with van der Waals surface area (Å²) in [6, 6.07) is 22.3. The first-order valence-electron chi connectivity index (χ1n) is 12.6. The van der Waals surface area contributed by atoms with E-state index in [0.29, 0.717) is 44.5 Å². The summed E-state index contributed by atoms with van der Waals surface area (Å²) in [5.41, 5.74) is 5.45. The van der Waals surface area contributed by atoms with Crippen LogP contribution in [0.4, 0.5) is 4.39 Å². The molecule has 1 fully saturated rings. The summed E-state index contributed by atoms with van der Waals surface area (Å²) in [7, 11) is 0. The number of nitrogens with zero attached hydrogens (tertiary/aromatic N) is 3. The Morgan fingerprint density at radius 3 is 2.22 bits per heavy atom. The zero-order valence-electron chi connectivity index (χ0n) is 20.2. The molecule has 7 heteroatoms. The van der Waals surface area contributed by atoms with E-state index in [1.165, 1.54) is 16.8 Å². The van der Waals surface area contributed by atoms with Crippen molar-refractivity contribution in [1.29, 1.82) is 0 Å². The number of benzene rings is 3. The second-order valence-corrected chi connectivity index (χ2v) is 9.48. The largest absolute Gasteiger partial charge is 0.280 e. The molecular weight excluding hydrogens is 467 g/mol. The Labute approximate surface area is 212 Å². The minimum atomic E-state index is -0.432. The van der Waals surface area contributed by atoms with Gasteiger partial charge in [0.05, 0.1) is 27.7 Å². The number of carbonyl (C=O) groups is 1. The third kappa shape index (κ3) is 4.37. The number of carbonyl (C=O) groups excluding carboxylic acids is 1. The Balaban J connectivity index is 1.48. The number of pyridine rings is 1. The number of rotatable bonds is 4. The lowest BCUT2D eigenvalue weighted by Crippen LogP contribution is -2.37. The highest BCUT2D eigenvalue weighted by atomic mass is 19.1. The average Bonchev–Trinajstić information content (AvgIpc) is 2.94. The van der Waals surface area contributed by atoms with Gasteiger partial charge in [0.25, 0.3) is 11.5 Å². The van der Waals surface area contributed by atoms with Gasteiger partial charge in [0, 0.05) is 16.9 Å². The van der Waals surface area contributed by atoms with E-state index in [0.717, 1.165) is 32.1 Å². The first-order chi connectivity index (χ1) is 18.1. The molecule has 0 bridgehead atoms. The van der Waals surface area contributed by atoms with E-state index in [2.05, 4.69) is 5.43 Å². The molecule has 0 unspecified atom stereocenters. The Kier molecular flexibility index (Phi) is 5.96. The quantitative estimate of drug-likeness (QED) is 0.325. The van der Waals surface area contributed by atoms with Crippen molar-refractivity contribution in [3.8, 4) is 11.3 Å². The zero-order valence-corrected chi connectivity index (χ0v) is 20.2. The van der Waals surface area contributed by atoms with Gasteiger partial charge in [-0.3, -0.25) is 15.0 Å². The van der Waals surface area contributed by atoms with Gasteiger partial charge in [-0.1, -0.05) is 49.6 Å².